The van der Waals surface area contributed by atoms with Gasteiger partial charge >= 0.3 is 0 Å². The molecule has 0 saturated carbocycles. The predicted octanol–water partition coefficient (Wildman–Crippen LogP) is 3.87. The van der Waals surface area contributed by atoms with Crippen molar-refractivity contribution in [3.8, 4) is 0 Å². The maximum absolute atomic E-state index is 13.6. The van der Waals surface area contributed by atoms with Crippen molar-refractivity contribution in [1.82, 2.24) is 0 Å². The minimum absolute atomic E-state index is 0.0811. The van der Waals surface area contributed by atoms with Gasteiger partial charge in [0.25, 0.3) is 0 Å². The lowest BCUT2D eigenvalue weighted by atomic mass is 9.94. The van der Waals surface area contributed by atoms with Gasteiger partial charge in [0.05, 0.1) is 0 Å². The van der Waals surface area contributed by atoms with Gasteiger partial charge in [-0.2, -0.15) is 12.6 Å². The number of rotatable bonds is 3. The van der Waals surface area contributed by atoms with E-state index in [9.17, 15) is 4.39 Å². The summed E-state index contributed by atoms with van der Waals surface area (Å²) in [5.41, 5.74) is 3.00. The first-order valence-corrected chi connectivity index (χ1v) is 5.57. The van der Waals surface area contributed by atoms with E-state index < -0.39 is 0 Å². The Labute approximate surface area is 90.9 Å². The maximum atomic E-state index is 13.6. The molecule has 14 heavy (non-hydrogen) atoms. The first-order valence-electron chi connectivity index (χ1n) is 4.93. The fourth-order valence-corrected chi connectivity index (χ4v) is 1.92. The Morgan fingerprint density at radius 1 is 1.29 bits per heavy atom. The fourth-order valence-electron chi connectivity index (χ4n) is 1.53. The quantitative estimate of drug-likeness (QED) is 0.722. The molecule has 0 amide bonds. The van der Waals surface area contributed by atoms with Gasteiger partial charge in [0.2, 0.25) is 0 Å². The summed E-state index contributed by atoms with van der Waals surface area (Å²) in [6.07, 6.45) is 0.919. The van der Waals surface area contributed by atoms with E-state index in [1.165, 1.54) is 0 Å². The van der Waals surface area contributed by atoms with Gasteiger partial charge in [0.1, 0.15) is 5.82 Å². The number of aryl methyl sites for hydroxylation is 2. The van der Waals surface area contributed by atoms with Crippen molar-refractivity contribution in [2.75, 3.05) is 5.75 Å². The van der Waals surface area contributed by atoms with E-state index >= 15 is 0 Å². The van der Waals surface area contributed by atoms with Crippen molar-refractivity contribution in [3.63, 3.8) is 0 Å². The highest BCUT2D eigenvalue weighted by Gasteiger charge is 2.11. The Morgan fingerprint density at radius 3 is 2.43 bits per heavy atom. The molecule has 0 N–H and O–H groups in total. The molecular weight excluding hydrogens is 195 g/mol. The lowest BCUT2D eigenvalue weighted by Gasteiger charge is -2.13. The molecule has 0 aromatic heterocycles. The Hall–Kier alpha value is -0.500. The monoisotopic (exact) mass is 212 g/mol. The summed E-state index contributed by atoms with van der Waals surface area (Å²) in [7, 11) is 0. The molecular formula is C12H17FS. The van der Waals surface area contributed by atoms with Crippen molar-refractivity contribution >= 4 is 12.6 Å². The van der Waals surface area contributed by atoms with Crippen molar-refractivity contribution in [1.29, 1.82) is 0 Å². The number of hydrogen-bond donors (Lipinski definition) is 1. The van der Waals surface area contributed by atoms with Gasteiger partial charge in [-0.25, -0.2) is 4.39 Å². The summed E-state index contributed by atoms with van der Waals surface area (Å²) < 4.78 is 13.6. The van der Waals surface area contributed by atoms with Crippen LogP contribution in [-0.4, -0.2) is 5.75 Å². The first-order chi connectivity index (χ1) is 6.56. The highest BCUT2D eigenvalue weighted by Crippen LogP contribution is 2.25. The molecule has 2 heteroatoms. The van der Waals surface area contributed by atoms with E-state index in [0.29, 0.717) is 0 Å². The summed E-state index contributed by atoms with van der Waals surface area (Å²) in [5, 5.41) is 0. The molecule has 0 aliphatic rings. The second-order valence-corrected chi connectivity index (χ2v) is 4.32. The Morgan fingerprint density at radius 2 is 1.86 bits per heavy atom. The molecule has 0 aliphatic heterocycles. The molecule has 0 spiro atoms. The third-order valence-electron chi connectivity index (χ3n) is 2.71. The van der Waals surface area contributed by atoms with Crippen LogP contribution >= 0.6 is 12.6 Å². The van der Waals surface area contributed by atoms with Gasteiger partial charge in [-0.3, -0.25) is 0 Å². The van der Waals surface area contributed by atoms with Crippen LogP contribution in [0.25, 0.3) is 0 Å². The summed E-state index contributed by atoms with van der Waals surface area (Å²) in [5.74, 6) is 0.974. The van der Waals surface area contributed by atoms with Crippen molar-refractivity contribution < 1.29 is 4.39 Å². The van der Waals surface area contributed by atoms with Crippen molar-refractivity contribution in [2.45, 2.75) is 33.1 Å². The second kappa shape index (κ2) is 4.83. The van der Waals surface area contributed by atoms with Gasteiger partial charge in [-0.1, -0.05) is 13.0 Å². The highest BCUT2D eigenvalue weighted by atomic mass is 32.1. The van der Waals surface area contributed by atoms with Gasteiger partial charge < -0.3 is 0 Å². The topological polar surface area (TPSA) is 0 Å². The van der Waals surface area contributed by atoms with Crippen LogP contribution in [0.1, 0.15) is 36.0 Å². The molecule has 78 valence electrons. The molecule has 0 bridgehead atoms. The largest absolute Gasteiger partial charge is 0.207 e. The molecule has 0 radical (unpaired) electrons. The molecule has 0 aliphatic carbocycles. The van der Waals surface area contributed by atoms with Gasteiger partial charge in [-0.05, 0) is 54.7 Å². The van der Waals surface area contributed by atoms with Crippen LogP contribution in [0.15, 0.2) is 12.1 Å². The second-order valence-electron chi connectivity index (χ2n) is 3.87. The van der Waals surface area contributed by atoms with Gasteiger partial charge in [0.15, 0.2) is 0 Å². The smallest absolute Gasteiger partial charge is 0.126 e. The molecule has 0 nitrogen and oxygen atoms in total. The van der Waals surface area contributed by atoms with E-state index in [1.807, 2.05) is 26.8 Å². The first kappa shape index (κ1) is 11.6. The SMILES string of the molecule is Cc1cc(F)c(C(C)CCS)cc1C. The fraction of sp³-hybridized carbons (Fsp3) is 0.500. The van der Waals surface area contributed by atoms with Crippen LogP contribution in [0.3, 0.4) is 0 Å². The average Bonchev–Trinajstić information content (AvgIpc) is 2.11. The van der Waals surface area contributed by atoms with Crippen LogP contribution in [-0.2, 0) is 0 Å². The van der Waals surface area contributed by atoms with Gasteiger partial charge in [-0.15, -0.1) is 0 Å². The Kier molecular flexibility index (Phi) is 3.99. The summed E-state index contributed by atoms with van der Waals surface area (Å²) >= 11 is 4.17. The van der Waals surface area contributed by atoms with E-state index in [4.69, 9.17) is 0 Å². The minimum atomic E-state index is -0.0811. The van der Waals surface area contributed by atoms with Gasteiger partial charge in [0, 0.05) is 0 Å². The van der Waals surface area contributed by atoms with E-state index in [0.717, 1.165) is 28.9 Å². The van der Waals surface area contributed by atoms with Crippen molar-refractivity contribution in [3.05, 3.63) is 34.6 Å². The Bertz CT molecular complexity index is 320. The number of thiol groups is 1. The van der Waals surface area contributed by atoms with Crippen LogP contribution < -0.4 is 0 Å². The molecule has 0 heterocycles. The minimum Gasteiger partial charge on any atom is -0.207 e. The summed E-state index contributed by atoms with van der Waals surface area (Å²) in [4.78, 5) is 0. The van der Waals surface area contributed by atoms with Crippen LogP contribution in [0, 0.1) is 19.7 Å². The molecule has 1 rings (SSSR count). The molecule has 0 fully saturated rings. The lowest BCUT2D eigenvalue weighted by Crippen LogP contribution is -2.00. The third-order valence-corrected chi connectivity index (χ3v) is 2.96. The van der Waals surface area contributed by atoms with Crippen LogP contribution in [0.2, 0.25) is 0 Å². The molecule has 0 saturated heterocycles. The number of halogens is 1. The molecule has 1 unspecified atom stereocenters. The average molecular weight is 212 g/mol. The lowest BCUT2D eigenvalue weighted by molar-refractivity contribution is 0.583. The van der Waals surface area contributed by atoms with E-state index in [2.05, 4.69) is 12.6 Å². The Balaban J connectivity index is 3.02. The maximum Gasteiger partial charge on any atom is 0.126 e. The zero-order valence-corrected chi connectivity index (χ0v) is 9.87. The molecule has 1 atom stereocenters. The zero-order chi connectivity index (χ0) is 10.7. The standard InChI is InChI=1S/C12H17FS/c1-8(4-5-14)11-6-9(2)10(3)7-12(11)13/h6-8,14H,4-5H2,1-3H3. The zero-order valence-electron chi connectivity index (χ0n) is 8.97. The predicted molar refractivity (Wildman–Crippen MR) is 62.8 cm³/mol. The molecule has 1 aromatic carbocycles. The highest BCUT2D eigenvalue weighted by molar-refractivity contribution is 7.80. The normalized spacial score (nSPS) is 12.9. The summed E-state index contributed by atoms with van der Waals surface area (Å²) in [6, 6.07) is 3.58. The third kappa shape index (κ3) is 2.50. The van der Waals surface area contributed by atoms with Crippen molar-refractivity contribution in [2.24, 2.45) is 0 Å². The number of hydrogen-bond acceptors (Lipinski definition) is 1. The van der Waals surface area contributed by atoms with Crippen LogP contribution in [0.5, 0.6) is 0 Å². The number of benzene rings is 1. The molecule has 1 aromatic rings. The van der Waals surface area contributed by atoms with Crippen LogP contribution in [0.4, 0.5) is 4.39 Å². The summed E-state index contributed by atoms with van der Waals surface area (Å²) in [6.45, 7) is 6.00. The van der Waals surface area contributed by atoms with E-state index in [-0.39, 0.29) is 11.7 Å². The van der Waals surface area contributed by atoms with E-state index in [1.54, 1.807) is 6.07 Å².